The molecule has 1 N–H and O–H groups in total. The van der Waals surface area contributed by atoms with E-state index in [4.69, 9.17) is 0 Å². The van der Waals surface area contributed by atoms with Crippen molar-refractivity contribution < 1.29 is 13.6 Å². The van der Waals surface area contributed by atoms with E-state index in [1.165, 1.54) is 24.3 Å². The third-order valence-corrected chi connectivity index (χ3v) is 5.77. The average molecular weight is 408 g/mol. The Bertz CT molecular complexity index is 1060. The maximum absolute atomic E-state index is 13.4. The van der Waals surface area contributed by atoms with Crippen LogP contribution in [0, 0.1) is 11.6 Å². The standard InChI is InChI=1S/C23H22F2N4O/c24-16-3-1-15(2-4-16)22(23(30)27-18-7-8-18)28-12-11-21-20(13-28)26-14-29(21)19-9-5-17(25)6-10-19/h1-6,9-10,14,18,22H,7-8,11-13H2,(H,27,30)/t22-/m0/s1. The molecule has 1 atom stereocenters. The Morgan fingerprint density at radius 2 is 1.70 bits per heavy atom. The lowest BCUT2D eigenvalue weighted by molar-refractivity contribution is -0.127. The van der Waals surface area contributed by atoms with Gasteiger partial charge in [-0.25, -0.2) is 13.8 Å². The van der Waals surface area contributed by atoms with Crippen LogP contribution in [0.4, 0.5) is 8.78 Å². The maximum Gasteiger partial charge on any atom is 0.242 e. The number of aromatic nitrogens is 2. The monoisotopic (exact) mass is 408 g/mol. The number of imidazole rings is 1. The van der Waals surface area contributed by atoms with E-state index in [-0.39, 0.29) is 23.6 Å². The van der Waals surface area contributed by atoms with Gasteiger partial charge in [0.1, 0.15) is 17.7 Å². The Labute approximate surface area is 173 Å². The Morgan fingerprint density at radius 3 is 2.37 bits per heavy atom. The van der Waals surface area contributed by atoms with Crippen molar-refractivity contribution >= 4 is 5.91 Å². The Hall–Kier alpha value is -3.06. The Kier molecular flexibility index (Phi) is 4.83. The molecule has 2 aromatic carbocycles. The van der Waals surface area contributed by atoms with Crippen molar-refractivity contribution in [2.75, 3.05) is 6.54 Å². The van der Waals surface area contributed by atoms with Gasteiger partial charge in [-0.2, -0.15) is 0 Å². The zero-order chi connectivity index (χ0) is 20.7. The quantitative estimate of drug-likeness (QED) is 0.703. The van der Waals surface area contributed by atoms with Gasteiger partial charge in [-0.15, -0.1) is 0 Å². The van der Waals surface area contributed by atoms with Crippen LogP contribution in [0.3, 0.4) is 0 Å². The summed E-state index contributed by atoms with van der Waals surface area (Å²) in [6.45, 7) is 1.18. The molecule has 1 saturated carbocycles. The molecule has 1 aliphatic carbocycles. The van der Waals surface area contributed by atoms with E-state index >= 15 is 0 Å². The molecule has 1 amide bonds. The van der Waals surface area contributed by atoms with E-state index in [0.29, 0.717) is 19.5 Å². The second kappa shape index (κ2) is 7.65. The summed E-state index contributed by atoms with van der Waals surface area (Å²) in [4.78, 5) is 19.7. The zero-order valence-electron chi connectivity index (χ0n) is 16.4. The van der Waals surface area contributed by atoms with E-state index in [1.54, 1.807) is 30.6 Å². The van der Waals surface area contributed by atoms with E-state index in [0.717, 1.165) is 35.5 Å². The van der Waals surface area contributed by atoms with Crippen molar-refractivity contribution in [3.05, 3.63) is 83.4 Å². The lowest BCUT2D eigenvalue weighted by Gasteiger charge is -2.34. The largest absolute Gasteiger partial charge is 0.352 e. The normalized spacial score (nSPS) is 17.4. The van der Waals surface area contributed by atoms with Crippen molar-refractivity contribution in [3.63, 3.8) is 0 Å². The zero-order valence-corrected chi connectivity index (χ0v) is 16.4. The SMILES string of the molecule is O=C(NC1CC1)[C@H](c1ccc(F)cc1)N1CCc2c(ncn2-c2ccc(F)cc2)C1. The molecule has 154 valence electrons. The maximum atomic E-state index is 13.4. The Balaban J connectivity index is 1.42. The van der Waals surface area contributed by atoms with E-state index < -0.39 is 6.04 Å². The van der Waals surface area contributed by atoms with Gasteiger partial charge >= 0.3 is 0 Å². The highest BCUT2D eigenvalue weighted by atomic mass is 19.1. The van der Waals surface area contributed by atoms with Crippen molar-refractivity contribution in [3.8, 4) is 5.69 Å². The number of fused-ring (bicyclic) bond motifs is 1. The second-order valence-electron chi connectivity index (χ2n) is 7.94. The summed E-state index contributed by atoms with van der Waals surface area (Å²) in [6, 6.07) is 12.2. The lowest BCUT2D eigenvalue weighted by Crippen LogP contribution is -2.43. The fourth-order valence-electron chi connectivity index (χ4n) is 4.05. The number of hydrogen-bond donors (Lipinski definition) is 1. The van der Waals surface area contributed by atoms with E-state index in [1.807, 2.05) is 4.57 Å². The molecule has 7 heteroatoms. The minimum Gasteiger partial charge on any atom is -0.352 e. The number of amides is 1. The number of nitrogens with zero attached hydrogens (tertiary/aromatic N) is 3. The fourth-order valence-corrected chi connectivity index (χ4v) is 4.05. The van der Waals surface area contributed by atoms with Crippen LogP contribution in [-0.2, 0) is 17.8 Å². The molecule has 3 aromatic rings. The number of halogens is 2. The van der Waals surface area contributed by atoms with Crippen molar-refractivity contribution in [2.24, 2.45) is 0 Å². The summed E-state index contributed by atoms with van der Waals surface area (Å²) < 4.78 is 28.7. The number of carbonyl (C=O) groups is 1. The number of rotatable bonds is 5. The third-order valence-electron chi connectivity index (χ3n) is 5.77. The molecule has 0 saturated heterocycles. The molecule has 1 aromatic heterocycles. The lowest BCUT2D eigenvalue weighted by atomic mass is 10.0. The Morgan fingerprint density at radius 1 is 1.03 bits per heavy atom. The average Bonchev–Trinajstić information content (AvgIpc) is 3.46. The van der Waals surface area contributed by atoms with Crippen molar-refractivity contribution in [1.29, 1.82) is 0 Å². The van der Waals surface area contributed by atoms with Gasteiger partial charge in [-0.3, -0.25) is 9.69 Å². The summed E-state index contributed by atoms with van der Waals surface area (Å²) in [5.41, 5.74) is 3.60. The van der Waals surface area contributed by atoms with Crippen LogP contribution in [0.25, 0.3) is 5.69 Å². The van der Waals surface area contributed by atoms with Gasteiger partial charge in [0.25, 0.3) is 0 Å². The summed E-state index contributed by atoms with van der Waals surface area (Å²) in [5, 5.41) is 3.09. The molecule has 5 nitrogen and oxygen atoms in total. The van der Waals surface area contributed by atoms with Gasteiger partial charge < -0.3 is 9.88 Å². The van der Waals surface area contributed by atoms with Crippen LogP contribution in [0.2, 0.25) is 0 Å². The van der Waals surface area contributed by atoms with Crippen molar-refractivity contribution in [1.82, 2.24) is 19.8 Å². The van der Waals surface area contributed by atoms with Gasteiger partial charge in [-0.05, 0) is 54.8 Å². The van der Waals surface area contributed by atoms with Crippen LogP contribution < -0.4 is 5.32 Å². The molecule has 5 rings (SSSR count). The van der Waals surface area contributed by atoms with Gasteiger partial charge in [0.15, 0.2) is 0 Å². The molecular weight excluding hydrogens is 386 g/mol. The highest BCUT2D eigenvalue weighted by molar-refractivity contribution is 5.83. The predicted octanol–water partition coefficient (Wildman–Crippen LogP) is 3.53. The molecule has 1 fully saturated rings. The first kappa shape index (κ1) is 18.9. The molecular formula is C23H22F2N4O. The number of hydrogen-bond acceptors (Lipinski definition) is 3. The smallest absolute Gasteiger partial charge is 0.242 e. The minimum absolute atomic E-state index is 0.0504. The summed E-state index contributed by atoms with van der Waals surface area (Å²) in [6.07, 6.45) is 4.47. The summed E-state index contributed by atoms with van der Waals surface area (Å²) >= 11 is 0. The minimum atomic E-state index is -0.490. The molecule has 0 radical (unpaired) electrons. The molecule has 2 aliphatic rings. The van der Waals surface area contributed by atoms with Crippen LogP contribution in [0.15, 0.2) is 54.9 Å². The third kappa shape index (κ3) is 3.73. The molecule has 30 heavy (non-hydrogen) atoms. The summed E-state index contributed by atoms with van der Waals surface area (Å²) in [7, 11) is 0. The molecule has 0 bridgehead atoms. The number of nitrogens with one attached hydrogen (secondary N) is 1. The number of benzene rings is 2. The van der Waals surface area contributed by atoms with E-state index in [2.05, 4.69) is 15.2 Å². The first-order valence-electron chi connectivity index (χ1n) is 10.2. The first-order valence-corrected chi connectivity index (χ1v) is 10.2. The fraction of sp³-hybridized carbons (Fsp3) is 0.304. The predicted molar refractivity (Wildman–Crippen MR) is 108 cm³/mol. The topological polar surface area (TPSA) is 50.2 Å². The summed E-state index contributed by atoms with van der Waals surface area (Å²) in [5.74, 6) is -0.646. The van der Waals surface area contributed by atoms with Gasteiger partial charge in [0, 0.05) is 36.9 Å². The molecule has 2 heterocycles. The first-order chi connectivity index (χ1) is 14.6. The second-order valence-corrected chi connectivity index (χ2v) is 7.94. The van der Waals surface area contributed by atoms with Gasteiger partial charge in [-0.1, -0.05) is 12.1 Å². The molecule has 0 unspecified atom stereocenters. The van der Waals surface area contributed by atoms with Crippen LogP contribution >= 0.6 is 0 Å². The van der Waals surface area contributed by atoms with E-state index in [9.17, 15) is 13.6 Å². The molecule has 1 aliphatic heterocycles. The van der Waals surface area contributed by atoms with Crippen LogP contribution in [0.5, 0.6) is 0 Å². The van der Waals surface area contributed by atoms with Gasteiger partial charge in [0.2, 0.25) is 5.91 Å². The highest BCUT2D eigenvalue weighted by Crippen LogP contribution is 2.30. The highest BCUT2D eigenvalue weighted by Gasteiger charge is 2.34. The van der Waals surface area contributed by atoms with Gasteiger partial charge in [0.05, 0.1) is 12.0 Å². The number of carbonyl (C=O) groups excluding carboxylic acids is 1. The van der Waals surface area contributed by atoms with Crippen LogP contribution in [-0.4, -0.2) is 32.9 Å². The molecule has 0 spiro atoms. The van der Waals surface area contributed by atoms with Crippen LogP contribution in [0.1, 0.15) is 35.8 Å². The van der Waals surface area contributed by atoms with Crippen molar-refractivity contribution in [2.45, 2.75) is 37.9 Å².